The van der Waals surface area contributed by atoms with Crippen LogP contribution in [0.5, 0.6) is 5.75 Å². The molecule has 2 N–H and O–H groups in total. The van der Waals surface area contributed by atoms with Crippen molar-refractivity contribution in [2.24, 2.45) is 0 Å². The fourth-order valence-corrected chi connectivity index (χ4v) is 2.15. The first-order valence-corrected chi connectivity index (χ1v) is 7.06. The molecule has 0 aliphatic heterocycles. The van der Waals surface area contributed by atoms with Crippen molar-refractivity contribution in [3.05, 3.63) is 58.3 Å². The third-order valence-electron chi connectivity index (χ3n) is 2.71. The molecule has 0 saturated heterocycles. The largest absolute Gasteiger partial charge is 0.491 e. The Hall–Kier alpha value is -1.49. The molecule has 0 heterocycles. The van der Waals surface area contributed by atoms with E-state index in [1.54, 1.807) is 12.1 Å². The maximum absolute atomic E-state index is 13.3. The third-order valence-corrected chi connectivity index (χ3v) is 3.26. The molecule has 112 valence electrons. The molecular formula is C15H14Cl2FNO2. The molecule has 1 unspecified atom stereocenters. The summed E-state index contributed by atoms with van der Waals surface area (Å²) in [6.07, 6.45) is -0.729. The number of rotatable bonds is 6. The van der Waals surface area contributed by atoms with Crippen LogP contribution in [0.25, 0.3) is 0 Å². The summed E-state index contributed by atoms with van der Waals surface area (Å²) in [6, 6.07) is 12.0. The van der Waals surface area contributed by atoms with E-state index in [2.05, 4.69) is 5.32 Å². The van der Waals surface area contributed by atoms with Gasteiger partial charge in [0.25, 0.3) is 0 Å². The topological polar surface area (TPSA) is 41.5 Å². The van der Waals surface area contributed by atoms with Crippen LogP contribution >= 0.6 is 23.2 Å². The first kappa shape index (κ1) is 15.9. The lowest BCUT2D eigenvalue weighted by Gasteiger charge is -2.14. The number of para-hydroxylation sites is 1. The van der Waals surface area contributed by atoms with Crippen LogP contribution in [-0.2, 0) is 0 Å². The van der Waals surface area contributed by atoms with E-state index < -0.39 is 11.9 Å². The van der Waals surface area contributed by atoms with Crippen molar-refractivity contribution in [2.75, 3.05) is 18.5 Å². The summed E-state index contributed by atoms with van der Waals surface area (Å²) >= 11 is 11.4. The van der Waals surface area contributed by atoms with E-state index in [1.807, 2.05) is 18.2 Å². The first-order valence-electron chi connectivity index (χ1n) is 6.30. The third kappa shape index (κ3) is 4.77. The van der Waals surface area contributed by atoms with Gasteiger partial charge in [0.15, 0.2) is 5.82 Å². The van der Waals surface area contributed by atoms with Gasteiger partial charge in [-0.25, -0.2) is 4.39 Å². The van der Waals surface area contributed by atoms with E-state index in [9.17, 15) is 9.50 Å². The van der Waals surface area contributed by atoms with Crippen molar-refractivity contribution >= 4 is 28.9 Å². The van der Waals surface area contributed by atoms with Gasteiger partial charge in [-0.3, -0.25) is 0 Å². The molecule has 6 heteroatoms. The molecule has 21 heavy (non-hydrogen) atoms. The molecule has 2 aromatic carbocycles. The van der Waals surface area contributed by atoms with Crippen LogP contribution in [0.15, 0.2) is 42.5 Å². The second-order valence-corrected chi connectivity index (χ2v) is 5.23. The highest BCUT2D eigenvalue weighted by Gasteiger charge is 2.09. The number of aliphatic hydroxyl groups excluding tert-OH is 1. The number of hydrogen-bond donors (Lipinski definition) is 2. The summed E-state index contributed by atoms with van der Waals surface area (Å²) in [6.45, 7) is 0.366. The number of nitrogens with one attached hydrogen (secondary N) is 1. The lowest BCUT2D eigenvalue weighted by Crippen LogP contribution is -2.26. The minimum atomic E-state index is -0.729. The van der Waals surface area contributed by atoms with Crippen LogP contribution in [-0.4, -0.2) is 24.4 Å². The Bertz CT molecular complexity index is 572. The van der Waals surface area contributed by atoms with Crippen molar-refractivity contribution in [3.63, 3.8) is 0 Å². The average molecular weight is 330 g/mol. The van der Waals surface area contributed by atoms with Gasteiger partial charge in [0, 0.05) is 12.2 Å². The van der Waals surface area contributed by atoms with E-state index in [0.29, 0.717) is 11.4 Å². The van der Waals surface area contributed by atoms with Crippen molar-refractivity contribution < 1.29 is 14.2 Å². The minimum absolute atomic E-state index is 0.0694. The van der Waals surface area contributed by atoms with Gasteiger partial charge in [-0.05, 0) is 24.3 Å². The van der Waals surface area contributed by atoms with Crippen molar-refractivity contribution in [1.29, 1.82) is 0 Å². The summed E-state index contributed by atoms with van der Waals surface area (Å²) in [5.41, 5.74) is 0.533. The van der Waals surface area contributed by atoms with Gasteiger partial charge in [0.05, 0.1) is 10.0 Å². The Morgan fingerprint density at radius 1 is 1.14 bits per heavy atom. The standard InChI is InChI=1S/C15H14Cl2FNO2/c16-13-6-10(7-14(17)15(13)18)19-8-11(20)9-21-12-4-2-1-3-5-12/h1-7,11,19-20H,8-9H2. The van der Waals surface area contributed by atoms with Crippen LogP contribution in [0.1, 0.15) is 0 Å². The zero-order valence-electron chi connectivity index (χ0n) is 11.0. The summed E-state index contributed by atoms with van der Waals surface area (Å²) in [7, 11) is 0. The van der Waals surface area contributed by atoms with Gasteiger partial charge in [-0.2, -0.15) is 0 Å². The van der Waals surface area contributed by atoms with Crippen LogP contribution in [0.3, 0.4) is 0 Å². The second kappa shape index (κ2) is 7.50. The predicted octanol–water partition coefficient (Wildman–Crippen LogP) is 3.98. The van der Waals surface area contributed by atoms with E-state index >= 15 is 0 Å². The van der Waals surface area contributed by atoms with E-state index in [0.717, 1.165) is 0 Å². The number of hydrogen-bond acceptors (Lipinski definition) is 3. The van der Waals surface area contributed by atoms with Gasteiger partial charge in [0.2, 0.25) is 0 Å². The van der Waals surface area contributed by atoms with Crippen LogP contribution < -0.4 is 10.1 Å². The molecule has 0 saturated carbocycles. The number of halogens is 3. The summed E-state index contributed by atoms with van der Waals surface area (Å²) in [5.74, 6) is 0.0289. The molecular weight excluding hydrogens is 316 g/mol. The molecule has 0 fully saturated rings. The molecule has 3 nitrogen and oxygen atoms in total. The van der Waals surface area contributed by atoms with E-state index in [1.165, 1.54) is 12.1 Å². The van der Waals surface area contributed by atoms with Gasteiger partial charge in [-0.15, -0.1) is 0 Å². The highest BCUT2D eigenvalue weighted by molar-refractivity contribution is 6.35. The Kier molecular flexibility index (Phi) is 5.67. The number of aliphatic hydroxyl groups is 1. The van der Waals surface area contributed by atoms with E-state index in [4.69, 9.17) is 27.9 Å². The van der Waals surface area contributed by atoms with Crippen LogP contribution in [0, 0.1) is 5.82 Å². The molecule has 0 radical (unpaired) electrons. The highest BCUT2D eigenvalue weighted by atomic mass is 35.5. The van der Waals surface area contributed by atoms with Crippen LogP contribution in [0.2, 0.25) is 10.0 Å². The summed E-state index contributed by atoms with van der Waals surface area (Å²) in [5, 5.41) is 12.6. The number of benzene rings is 2. The molecule has 0 aliphatic carbocycles. The molecule has 0 amide bonds. The van der Waals surface area contributed by atoms with Gasteiger partial charge < -0.3 is 15.2 Å². The molecule has 2 aromatic rings. The lowest BCUT2D eigenvalue weighted by atomic mass is 10.3. The van der Waals surface area contributed by atoms with E-state index in [-0.39, 0.29) is 23.2 Å². The average Bonchev–Trinajstić information content (AvgIpc) is 2.49. The minimum Gasteiger partial charge on any atom is -0.491 e. The predicted molar refractivity (Wildman–Crippen MR) is 82.9 cm³/mol. The fraction of sp³-hybridized carbons (Fsp3) is 0.200. The first-order chi connectivity index (χ1) is 10.1. The molecule has 1 atom stereocenters. The lowest BCUT2D eigenvalue weighted by molar-refractivity contribution is 0.117. The van der Waals surface area contributed by atoms with Gasteiger partial charge >= 0.3 is 0 Å². The zero-order chi connectivity index (χ0) is 15.2. The Balaban J connectivity index is 1.82. The fourth-order valence-electron chi connectivity index (χ4n) is 1.66. The highest BCUT2D eigenvalue weighted by Crippen LogP contribution is 2.27. The quantitative estimate of drug-likeness (QED) is 0.787. The van der Waals surface area contributed by atoms with Gasteiger partial charge in [0.1, 0.15) is 18.5 Å². The maximum Gasteiger partial charge on any atom is 0.160 e. The maximum atomic E-state index is 13.3. The monoisotopic (exact) mass is 329 g/mol. The number of anilines is 1. The van der Waals surface area contributed by atoms with Gasteiger partial charge in [-0.1, -0.05) is 41.4 Å². The van der Waals surface area contributed by atoms with Crippen molar-refractivity contribution in [2.45, 2.75) is 6.10 Å². The Morgan fingerprint density at radius 2 is 1.76 bits per heavy atom. The molecule has 0 bridgehead atoms. The molecule has 0 aromatic heterocycles. The second-order valence-electron chi connectivity index (χ2n) is 4.41. The molecule has 0 spiro atoms. The summed E-state index contributed by atoms with van der Waals surface area (Å²) in [4.78, 5) is 0. The van der Waals surface area contributed by atoms with Crippen molar-refractivity contribution in [3.8, 4) is 5.75 Å². The molecule has 2 rings (SSSR count). The normalized spacial score (nSPS) is 12.0. The zero-order valence-corrected chi connectivity index (χ0v) is 12.5. The Labute approximate surface area is 132 Å². The smallest absolute Gasteiger partial charge is 0.160 e. The summed E-state index contributed by atoms with van der Waals surface area (Å²) < 4.78 is 18.7. The molecule has 0 aliphatic rings. The Morgan fingerprint density at radius 3 is 2.38 bits per heavy atom. The number of ether oxygens (including phenoxy) is 1. The van der Waals surface area contributed by atoms with Crippen molar-refractivity contribution in [1.82, 2.24) is 0 Å². The SMILES string of the molecule is OC(CNc1cc(Cl)c(F)c(Cl)c1)COc1ccccc1. The van der Waals surface area contributed by atoms with Crippen LogP contribution in [0.4, 0.5) is 10.1 Å².